The minimum absolute atomic E-state index is 0.152. The van der Waals surface area contributed by atoms with Gasteiger partial charge in [-0.3, -0.25) is 0 Å². The molecule has 1 unspecified atom stereocenters. The molecule has 0 bridgehead atoms. The fourth-order valence-electron chi connectivity index (χ4n) is 2.18. The van der Waals surface area contributed by atoms with Crippen molar-refractivity contribution >= 4 is 22.8 Å². The Labute approximate surface area is 130 Å². The number of hydrogen-bond acceptors (Lipinski definition) is 4. The second-order valence-corrected chi connectivity index (χ2v) is 6.11. The molecule has 2 heterocycles. The zero-order chi connectivity index (χ0) is 15.4. The van der Waals surface area contributed by atoms with Gasteiger partial charge in [-0.25, -0.2) is 9.97 Å². The average Bonchev–Trinajstić information content (AvgIpc) is 2.79. The SMILES string of the molecule is Cc1ccnc2c1nc(C(C)Cl)n2CCOCCN(C)C. The molecule has 5 nitrogen and oxygen atoms in total. The monoisotopic (exact) mass is 310 g/mol. The maximum atomic E-state index is 6.26. The van der Waals surface area contributed by atoms with E-state index in [0.29, 0.717) is 13.2 Å². The quantitative estimate of drug-likeness (QED) is 0.582. The standard InChI is InChI=1S/C15H23ClN4O/c1-11-5-6-17-15-13(11)18-14(12(2)16)20(15)8-10-21-9-7-19(3)4/h5-6,12H,7-10H2,1-4H3. The molecular weight excluding hydrogens is 288 g/mol. The van der Waals surface area contributed by atoms with Gasteiger partial charge >= 0.3 is 0 Å². The van der Waals surface area contributed by atoms with Gasteiger partial charge in [0, 0.05) is 19.3 Å². The molecule has 0 saturated heterocycles. The molecule has 0 spiro atoms. The van der Waals surface area contributed by atoms with E-state index >= 15 is 0 Å². The van der Waals surface area contributed by atoms with Gasteiger partial charge in [0.15, 0.2) is 5.65 Å². The lowest BCUT2D eigenvalue weighted by atomic mass is 10.3. The smallest absolute Gasteiger partial charge is 0.160 e. The van der Waals surface area contributed by atoms with Crippen LogP contribution in [-0.2, 0) is 11.3 Å². The molecule has 21 heavy (non-hydrogen) atoms. The van der Waals surface area contributed by atoms with Gasteiger partial charge in [-0.15, -0.1) is 11.6 Å². The van der Waals surface area contributed by atoms with Gasteiger partial charge in [-0.05, 0) is 39.6 Å². The minimum Gasteiger partial charge on any atom is -0.378 e. The van der Waals surface area contributed by atoms with Gasteiger partial charge in [-0.1, -0.05) is 0 Å². The van der Waals surface area contributed by atoms with E-state index in [2.05, 4.69) is 19.4 Å². The Morgan fingerprint density at radius 3 is 2.81 bits per heavy atom. The van der Waals surface area contributed by atoms with Crippen molar-refractivity contribution in [2.75, 3.05) is 33.9 Å². The van der Waals surface area contributed by atoms with E-state index < -0.39 is 0 Å². The van der Waals surface area contributed by atoms with E-state index in [0.717, 1.165) is 35.7 Å². The van der Waals surface area contributed by atoms with Crippen LogP contribution in [0, 0.1) is 6.92 Å². The third kappa shape index (κ3) is 3.93. The summed E-state index contributed by atoms with van der Waals surface area (Å²) in [5.74, 6) is 0.852. The second-order valence-electron chi connectivity index (χ2n) is 5.45. The van der Waals surface area contributed by atoms with E-state index in [1.165, 1.54) is 0 Å². The molecular formula is C15H23ClN4O. The van der Waals surface area contributed by atoms with E-state index in [9.17, 15) is 0 Å². The number of pyridine rings is 1. The van der Waals surface area contributed by atoms with Crippen molar-refractivity contribution in [3.05, 3.63) is 23.7 Å². The molecule has 0 N–H and O–H groups in total. The Kier molecular flexibility index (Phi) is 5.56. The summed E-state index contributed by atoms with van der Waals surface area (Å²) < 4.78 is 7.74. The van der Waals surface area contributed by atoms with Crippen molar-refractivity contribution in [1.82, 2.24) is 19.4 Å². The number of imidazole rings is 1. The van der Waals surface area contributed by atoms with Crippen LogP contribution in [0.3, 0.4) is 0 Å². The third-order valence-electron chi connectivity index (χ3n) is 3.36. The molecule has 0 fully saturated rings. The summed E-state index contributed by atoms with van der Waals surface area (Å²) in [6, 6.07) is 1.97. The van der Waals surface area contributed by atoms with Crippen LogP contribution in [0.5, 0.6) is 0 Å². The third-order valence-corrected chi connectivity index (χ3v) is 3.56. The summed E-state index contributed by atoms with van der Waals surface area (Å²) in [5, 5.41) is -0.152. The summed E-state index contributed by atoms with van der Waals surface area (Å²) in [5.41, 5.74) is 2.92. The molecule has 0 aliphatic rings. The summed E-state index contributed by atoms with van der Waals surface area (Å²) in [4.78, 5) is 11.2. The number of aryl methyl sites for hydroxylation is 1. The largest absolute Gasteiger partial charge is 0.378 e. The first-order valence-corrected chi connectivity index (χ1v) is 7.62. The molecule has 0 aliphatic carbocycles. The topological polar surface area (TPSA) is 43.2 Å². The van der Waals surface area contributed by atoms with Crippen molar-refractivity contribution in [3.63, 3.8) is 0 Å². The fourth-order valence-corrected chi connectivity index (χ4v) is 2.35. The number of likely N-dealkylation sites (N-methyl/N-ethyl adjacent to an activating group) is 1. The summed E-state index contributed by atoms with van der Waals surface area (Å²) in [6.45, 7) is 6.95. The first-order chi connectivity index (χ1) is 10.0. The predicted octanol–water partition coefficient (Wildman–Crippen LogP) is 2.62. The number of aromatic nitrogens is 3. The van der Waals surface area contributed by atoms with Crippen molar-refractivity contribution in [2.45, 2.75) is 25.8 Å². The zero-order valence-corrected chi connectivity index (χ0v) is 13.9. The Morgan fingerprint density at radius 2 is 2.14 bits per heavy atom. The second kappa shape index (κ2) is 7.20. The molecule has 116 valence electrons. The number of halogens is 1. The maximum Gasteiger partial charge on any atom is 0.160 e. The highest BCUT2D eigenvalue weighted by molar-refractivity contribution is 6.20. The fraction of sp³-hybridized carbons (Fsp3) is 0.600. The highest BCUT2D eigenvalue weighted by Gasteiger charge is 2.16. The molecule has 0 saturated carbocycles. The van der Waals surface area contributed by atoms with Crippen molar-refractivity contribution in [2.24, 2.45) is 0 Å². The van der Waals surface area contributed by atoms with Crippen molar-refractivity contribution < 1.29 is 4.74 Å². The van der Waals surface area contributed by atoms with E-state index in [1.807, 2.05) is 40.2 Å². The van der Waals surface area contributed by atoms with E-state index in [-0.39, 0.29) is 5.38 Å². The predicted molar refractivity (Wildman–Crippen MR) is 85.9 cm³/mol. The number of hydrogen-bond donors (Lipinski definition) is 0. The molecule has 2 aromatic rings. The van der Waals surface area contributed by atoms with Gasteiger partial charge in [0.2, 0.25) is 0 Å². The summed E-state index contributed by atoms with van der Waals surface area (Å²) in [6.07, 6.45) is 1.81. The Balaban J connectivity index is 2.13. The first kappa shape index (κ1) is 16.2. The lowest BCUT2D eigenvalue weighted by molar-refractivity contribution is 0.111. The van der Waals surface area contributed by atoms with Gasteiger partial charge < -0.3 is 14.2 Å². The molecule has 6 heteroatoms. The van der Waals surface area contributed by atoms with Crippen LogP contribution in [-0.4, -0.2) is 53.3 Å². The van der Waals surface area contributed by atoms with Crippen LogP contribution in [0.25, 0.3) is 11.2 Å². The maximum absolute atomic E-state index is 6.26. The van der Waals surface area contributed by atoms with Crippen molar-refractivity contribution in [3.8, 4) is 0 Å². The number of fused-ring (bicyclic) bond motifs is 1. The number of nitrogens with zero attached hydrogens (tertiary/aromatic N) is 4. The molecule has 0 aliphatic heterocycles. The van der Waals surface area contributed by atoms with Gasteiger partial charge in [0.25, 0.3) is 0 Å². The van der Waals surface area contributed by atoms with Crippen LogP contribution in [0.4, 0.5) is 0 Å². The molecule has 1 atom stereocenters. The highest BCUT2D eigenvalue weighted by atomic mass is 35.5. The van der Waals surface area contributed by atoms with Gasteiger partial charge in [-0.2, -0.15) is 0 Å². The molecule has 0 aromatic carbocycles. The van der Waals surface area contributed by atoms with E-state index in [1.54, 1.807) is 0 Å². The van der Waals surface area contributed by atoms with E-state index in [4.69, 9.17) is 16.3 Å². The highest BCUT2D eigenvalue weighted by Crippen LogP contribution is 2.24. The number of rotatable bonds is 7. The van der Waals surface area contributed by atoms with Crippen LogP contribution >= 0.6 is 11.6 Å². The van der Waals surface area contributed by atoms with Gasteiger partial charge in [0.1, 0.15) is 11.3 Å². The summed E-state index contributed by atoms with van der Waals surface area (Å²) >= 11 is 6.26. The Morgan fingerprint density at radius 1 is 1.38 bits per heavy atom. The van der Waals surface area contributed by atoms with Crippen LogP contribution in [0.1, 0.15) is 23.7 Å². The van der Waals surface area contributed by atoms with Crippen molar-refractivity contribution in [1.29, 1.82) is 0 Å². The molecule has 2 aromatic heterocycles. The number of ether oxygens (including phenoxy) is 1. The lowest BCUT2D eigenvalue weighted by Gasteiger charge is -2.12. The molecule has 0 radical (unpaired) electrons. The first-order valence-electron chi connectivity index (χ1n) is 7.19. The normalized spacial score (nSPS) is 13.2. The lowest BCUT2D eigenvalue weighted by Crippen LogP contribution is -2.19. The minimum atomic E-state index is -0.152. The Bertz CT molecular complexity index is 595. The Hall–Kier alpha value is -1.17. The van der Waals surface area contributed by atoms with Crippen LogP contribution in [0.2, 0.25) is 0 Å². The van der Waals surface area contributed by atoms with Gasteiger partial charge in [0.05, 0.1) is 18.6 Å². The zero-order valence-electron chi connectivity index (χ0n) is 13.1. The molecule has 0 amide bonds. The van der Waals surface area contributed by atoms with Crippen LogP contribution in [0.15, 0.2) is 12.3 Å². The average molecular weight is 311 g/mol. The number of alkyl halides is 1. The van der Waals surface area contributed by atoms with Crippen LogP contribution < -0.4 is 0 Å². The molecule has 2 rings (SSSR count). The summed E-state index contributed by atoms with van der Waals surface area (Å²) in [7, 11) is 4.07.